The highest BCUT2D eigenvalue weighted by Crippen LogP contribution is 2.25. The van der Waals surface area contributed by atoms with Crippen LogP contribution in [0.25, 0.3) is 0 Å². The normalized spacial score (nSPS) is 12.7. The summed E-state index contributed by atoms with van der Waals surface area (Å²) >= 11 is 1.59. The van der Waals surface area contributed by atoms with E-state index in [1.807, 2.05) is 42.7 Å². The number of Topliss-reactive ketones (excluding diaryl/α,β-unsaturated/α-hetero) is 1. The van der Waals surface area contributed by atoms with Crippen LogP contribution in [0.2, 0.25) is 0 Å². The number of nitrogens with one attached hydrogen (secondary N) is 1. The third kappa shape index (κ3) is 3.88. The predicted molar refractivity (Wildman–Crippen MR) is 98.9 cm³/mol. The van der Waals surface area contributed by atoms with Gasteiger partial charge in [0.15, 0.2) is 5.78 Å². The van der Waals surface area contributed by atoms with Crippen molar-refractivity contribution < 1.29 is 9.59 Å². The predicted octanol–water partition coefficient (Wildman–Crippen LogP) is 4.50. The zero-order valence-electron chi connectivity index (χ0n) is 13.8. The van der Waals surface area contributed by atoms with Crippen LogP contribution in [0.5, 0.6) is 0 Å². The Bertz CT molecular complexity index is 770. The van der Waals surface area contributed by atoms with Crippen molar-refractivity contribution >= 4 is 29.1 Å². The van der Waals surface area contributed by atoms with Gasteiger partial charge < -0.3 is 5.32 Å². The highest BCUT2D eigenvalue weighted by Gasteiger charge is 2.15. The quantitative estimate of drug-likeness (QED) is 0.622. The van der Waals surface area contributed by atoms with Gasteiger partial charge in [-0.25, -0.2) is 0 Å². The summed E-state index contributed by atoms with van der Waals surface area (Å²) in [5, 5.41) is 2.90. The summed E-state index contributed by atoms with van der Waals surface area (Å²) in [6.45, 7) is 0. The second-order valence-electron chi connectivity index (χ2n) is 6.01. The number of anilines is 1. The van der Waals surface area contributed by atoms with E-state index in [2.05, 4.69) is 11.4 Å². The Morgan fingerprint density at radius 3 is 2.67 bits per heavy atom. The van der Waals surface area contributed by atoms with Crippen molar-refractivity contribution in [2.45, 2.75) is 37.0 Å². The molecule has 0 saturated carbocycles. The minimum Gasteiger partial charge on any atom is -0.325 e. The van der Waals surface area contributed by atoms with Crippen molar-refractivity contribution in [1.29, 1.82) is 0 Å². The summed E-state index contributed by atoms with van der Waals surface area (Å²) in [6, 6.07) is 13.6. The van der Waals surface area contributed by atoms with E-state index in [1.54, 1.807) is 11.8 Å². The van der Waals surface area contributed by atoms with E-state index < -0.39 is 0 Å². The van der Waals surface area contributed by atoms with Gasteiger partial charge in [-0.05, 0) is 54.8 Å². The van der Waals surface area contributed by atoms with Gasteiger partial charge in [0.05, 0.1) is 5.69 Å². The monoisotopic (exact) mass is 339 g/mol. The lowest BCUT2D eigenvalue weighted by molar-refractivity contribution is -0.116. The lowest BCUT2D eigenvalue weighted by atomic mass is 10.0. The number of hydrogen-bond donors (Lipinski definition) is 1. The Morgan fingerprint density at radius 1 is 1.04 bits per heavy atom. The van der Waals surface area contributed by atoms with Crippen LogP contribution < -0.4 is 5.32 Å². The zero-order valence-corrected chi connectivity index (χ0v) is 14.6. The lowest BCUT2D eigenvalue weighted by Gasteiger charge is -2.09. The smallest absolute Gasteiger partial charge is 0.224 e. The minimum absolute atomic E-state index is 0.0398. The van der Waals surface area contributed by atoms with Crippen LogP contribution >= 0.6 is 11.8 Å². The maximum absolute atomic E-state index is 12.3. The molecule has 0 fully saturated rings. The van der Waals surface area contributed by atoms with Crippen molar-refractivity contribution in [2.24, 2.45) is 0 Å². The molecule has 0 aliphatic heterocycles. The van der Waals surface area contributed by atoms with E-state index in [9.17, 15) is 9.59 Å². The fraction of sp³-hybridized carbons (Fsp3) is 0.300. The fourth-order valence-corrected chi connectivity index (χ4v) is 3.63. The largest absolute Gasteiger partial charge is 0.325 e. The Kier molecular flexibility index (Phi) is 5.36. The molecule has 1 N–H and O–H groups in total. The average Bonchev–Trinajstić information content (AvgIpc) is 3.07. The minimum atomic E-state index is -0.119. The van der Waals surface area contributed by atoms with E-state index in [4.69, 9.17) is 0 Å². The Labute approximate surface area is 146 Å². The van der Waals surface area contributed by atoms with Crippen LogP contribution in [-0.4, -0.2) is 17.9 Å². The summed E-state index contributed by atoms with van der Waals surface area (Å²) in [5.74, 6) is -0.0796. The van der Waals surface area contributed by atoms with Crippen molar-refractivity contribution in [1.82, 2.24) is 0 Å². The molecule has 2 aromatic carbocycles. The number of ketones is 1. The maximum atomic E-state index is 12.3. The first-order chi connectivity index (χ1) is 11.7. The van der Waals surface area contributed by atoms with Gasteiger partial charge in [0, 0.05) is 23.3 Å². The molecular formula is C20H21NO2S. The molecule has 3 nitrogen and oxygen atoms in total. The van der Waals surface area contributed by atoms with Gasteiger partial charge in [0.25, 0.3) is 0 Å². The third-order valence-electron chi connectivity index (χ3n) is 4.38. The highest BCUT2D eigenvalue weighted by atomic mass is 32.2. The van der Waals surface area contributed by atoms with E-state index >= 15 is 0 Å². The lowest BCUT2D eigenvalue weighted by Crippen LogP contribution is -2.14. The molecule has 1 amide bonds. The Balaban J connectivity index is 1.57. The Hall–Kier alpha value is -2.07. The standard InChI is InChI=1S/C20H21NO2S/c1-24-19-8-3-2-7-17(19)21-20(23)12-11-18(22)16-10-9-14-5-4-6-15(14)13-16/h2-3,7-10,13H,4-6,11-12H2,1H3,(H,21,23). The molecule has 24 heavy (non-hydrogen) atoms. The second-order valence-corrected chi connectivity index (χ2v) is 6.86. The van der Waals surface area contributed by atoms with E-state index in [1.165, 1.54) is 17.5 Å². The highest BCUT2D eigenvalue weighted by molar-refractivity contribution is 7.98. The van der Waals surface area contributed by atoms with Gasteiger partial charge in [-0.3, -0.25) is 9.59 Å². The van der Waals surface area contributed by atoms with E-state index in [-0.39, 0.29) is 24.5 Å². The molecule has 0 saturated heterocycles. The van der Waals surface area contributed by atoms with Gasteiger partial charge >= 0.3 is 0 Å². The number of para-hydroxylation sites is 1. The van der Waals surface area contributed by atoms with Crippen LogP contribution in [0.15, 0.2) is 47.4 Å². The van der Waals surface area contributed by atoms with Crippen LogP contribution in [0.1, 0.15) is 40.7 Å². The molecule has 0 spiro atoms. The Morgan fingerprint density at radius 2 is 1.83 bits per heavy atom. The summed E-state index contributed by atoms with van der Waals surface area (Å²) in [5.41, 5.74) is 4.19. The number of amides is 1. The number of carbonyl (C=O) groups excluding carboxylic acids is 2. The molecule has 0 atom stereocenters. The first-order valence-electron chi connectivity index (χ1n) is 8.25. The van der Waals surface area contributed by atoms with Crippen molar-refractivity contribution in [2.75, 3.05) is 11.6 Å². The number of hydrogen-bond acceptors (Lipinski definition) is 3. The van der Waals surface area contributed by atoms with Crippen molar-refractivity contribution in [3.05, 3.63) is 59.2 Å². The molecule has 0 radical (unpaired) electrons. The first-order valence-corrected chi connectivity index (χ1v) is 9.47. The molecule has 0 heterocycles. The molecule has 124 valence electrons. The van der Waals surface area contributed by atoms with Gasteiger partial charge in [-0.2, -0.15) is 0 Å². The molecular weight excluding hydrogens is 318 g/mol. The molecule has 0 aromatic heterocycles. The fourth-order valence-electron chi connectivity index (χ4n) is 3.08. The van der Waals surface area contributed by atoms with Crippen LogP contribution in [0.4, 0.5) is 5.69 Å². The number of benzene rings is 2. The van der Waals surface area contributed by atoms with Gasteiger partial charge in [-0.15, -0.1) is 11.8 Å². The molecule has 0 unspecified atom stereocenters. The number of thioether (sulfide) groups is 1. The average molecular weight is 339 g/mol. The number of aryl methyl sites for hydroxylation is 2. The van der Waals surface area contributed by atoms with Crippen LogP contribution in [0, 0.1) is 0 Å². The molecule has 4 heteroatoms. The summed E-state index contributed by atoms with van der Waals surface area (Å²) < 4.78 is 0. The summed E-state index contributed by atoms with van der Waals surface area (Å²) in [7, 11) is 0. The van der Waals surface area contributed by atoms with E-state index in [0.29, 0.717) is 0 Å². The second kappa shape index (κ2) is 7.67. The SMILES string of the molecule is CSc1ccccc1NC(=O)CCC(=O)c1ccc2c(c1)CCC2. The van der Waals surface area contributed by atoms with Gasteiger partial charge in [0.1, 0.15) is 0 Å². The molecule has 1 aliphatic rings. The van der Waals surface area contributed by atoms with Crippen LogP contribution in [0.3, 0.4) is 0 Å². The molecule has 0 bridgehead atoms. The molecule has 3 rings (SSSR count). The summed E-state index contributed by atoms with van der Waals surface area (Å²) in [4.78, 5) is 25.5. The maximum Gasteiger partial charge on any atom is 0.224 e. The van der Waals surface area contributed by atoms with Gasteiger partial charge in [-0.1, -0.05) is 24.3 Å². The topological polar surface area (TPSA) is 46.2 Å². The number of carbonyl (C=O) groups is 2. The zero-order chi connectivity index (χ0) is 16.9. The molecule has 2 aromatic rings. The number of rotatable bonds is 6. The van der Waals surface area contributed by atoms with Crippen molar-refractivity contribution in [3.63, 3.8) is 0 Å². The number of fused-ring (bicyclic) bond motifs is 1. The van der Waals surface area contributed by atoms with E-state index in [0.717, 1.165) is 29.0 Å². The summed E-state index contributed by atoms with van der Waals surface area (Å²) in [6.07, 6.45) is 5.76. The van der Waals surface area contributed by atoms with Crippen LogP contribution in [-0.2, 0) is 17.6 Å². The molecule has 1 aliphatic carbocycles. The first kappa shape index (κ1) is 16.8. The third-order valence-corrected chi connectivity index (χ3v) is 5.18. The van der Waals surface area contributed by atoms with Crippen molar-refractivity contribution in [3.8, 4) is 0 Å². The van der Waals surface area contributed by atoms with Gasteiger partial charge in [0.2, 0.25) is 5.91 Å².